The first-order chi connectivity index (χ1) is 10.3. The molecule has 0 aromatic rings. The van der Waals surface area contributed by atoms with Crippen LogP contribution in [0.3, 0.4) is 0 Å². The molecule has 3 heteroatoms. The van der Waals surface area contributed by atoms with Crippen LogP contribution in [0.25, 0.3) is 0 Å². The molecule has 21 heavy (non-hydrogen) atoms. The van der Waals surface area contributed by atoms with Gasteiger partial charge in [-0.1, -0.05) is 39.5 Å². The molecule has 3 nitrogen and oxygen atoms in total. The second-order valence-corrected chi connectivity index (χ2v) is 6.48. The van der Waals surface area contributed by atoms with Crippen molar-refractivity contribution in [2.75, 3.05) is 19.6 Å². The molecule has 1 amide bonds. The van der Waals surface area contributed by atoms with Crippen molar-refractivity contribution >= 4 is 5.91 Å². The molecule has 0 atom stereocenters. The summed E-state index contributed by atoms with van der Waals surface area (Å²) in [6.45, 7) is 7.30. The van der Waals surface area contributed by atoms with Gasteiger partial charge in [-0.25, -0.2) is 0 Å². The average Bonchev–Trinajstić information content (AvgIpc) is 2.51. The first-order valence-corrected chi connectivity index (χ1v) is 9.29. The van der Waals surface area contributed by atoms with Gasteiger partial charge < -0.3 is 10.2 Å². The lowest BCUT2D eigenvalue weighted by Gasteiger charge is -2.24. The third kappa shape index (κ3) is 8.45. The maximum Gasteiger partial charge on any atom is 0.222 e. The van der Waals surface area contributed by atoms with Crippen LogP contribution < -0.4 is 5.32 Å². The maximum atomic E-state index is 12.1. The topological polar surface area (TPSA) is 32.3 Å². The van der Waals surface area contributed by atoms with Gasteiger partial charge in [0, 0.05) is 25.6 Å². The maximum absolute atomic E-state index is 12.1. The van der Waals surface area contributed by atoms with Gasteiger partial charge in [-0.15, -0.1) is 0 Å². The van der Waals surface area contributed by atoms with Crippen LogP contribution in [0.1, 0.15) is 84.5 Å². The van der Waals surface area contributed by atoms with Gasteiger partial charge in [0.15, 0.2) is 0 Å². The summed E-state index contributed by atoms with van der Waals surface area (Å²) >= 11 is 0. The zero-order chi connectivity index (χ0) is 15.3. The quantitative estimate of drug-likeness (QED) is 0.582. The zero-order valence-corrected chi connectivity index (χ0v) is 14.3. The van der Waals surface area contributed by atoms with Crippen molar-refractivity contribution in [3.8, 4) is 0 Å². The van der Waals surface area contributed by atoms with E-state index in [1.54, 1.807) is 0 Å². The van der Waals surface area contributed by atoms with Crippen LogP contribution in [0.15, 0.2) is 0 Å². The molecule has 1 aliphatic rings. The predicted octanol–water partition coefficient (Wildman–Crippen LogP) is 4.12. The Balaban J connectivity index is 2.11. The van der Waals surface area contributed by atoms with E-state index in [1.165, 1.54) is 44.9 Å². The Labute approximate surface area is 131 Å². The third-order valence-corrected chi connectivity index (χ3v) is 4.49. The van der Waals surface area contributed by atoms with Crippen LogP contribution in [0.5, 0.6) is 0 Å². The number of nitrogens with one attached hydrogen (secondary N) is 1. The van der Waals surface area contributed by atoms with E-state index >= 15 is 0 Å². The van der Waals surface area contributed by atoms with Crippen molar-refractivity contribution in [3.63, 3.8) is 0 Å². The highest BCUT2D eigenvalue weighted by Crippen LogP contribution is 2.17. The minimum atomic E-state index is 0.353. The van der Waals surface area contributed by atoms with Gasteiger partial charge in [0.05, 0.1) is 0 Å². The Hall–Kier alpha value is -0.570. The number of rotatable bonds is 11. The zero-order valence-electron chi connectivity index (χ0n) is 14.3. The van der Waals surface area contributed by atoms with E-state index in [-0.39, 0.29) is 0 Å². The van der Waals surface area contributed by atoms with Crippen LogP contribution in [0.2, 0.25) is 0 Å². The van der Waals surface area contributed by atoms with Gasteiger partial charge in [0.2, 0.25) is 5.91 Å². The van der Waals surface area contributed by atoms with E-state index in [0.29, 0.717) is 12.3 Å². The molecule has 0 heterocycles. The molecule has 0 aromatic carbocycles. The molecule has 0 unspecified atom stereocenters. The standard InChI is InChI=1S/C18H36N2O/c1-3-5-15-20(18(21)11-4-2)16-10-9-14-19-17-12-7-6-8-13-17/h17,19H,3-16H2,1-2H3. The molecule has 1 saturated carbocycles. The van der Waals surface area contributed by atoms with Gasteiger partial charge in [-0.05, 0) is 45.1 Å². The lowest BCUT2D eigenvalue weighted by atomic mass is 9.95. The van der Waals surface area contributed by atoms with E-state index < -0.39 is 0 Å². The first-order valence-electron chi connectivity index (χ1n) is 9.29. The molecule has 124 valence electrons. The lowest BCUT2D eigenvalue weighted by Crippen LogP contribution is -2.34. The number of carbonyl (C=O) groups excluding carboxylic acids is 1. The van der Waals surface area contributed by atoms with Crippen molar-refractivity contribution in [1.29, 1.82) is 0 Å². The fraction of sp³-hybridized carbons (Fsp3) is 0.944. The summed E-state index contributed by atoms with van der Waals surface area (Å²) in [6.07, 6.45) is 13.2. The lowest BCUT2D eigenvalue weighted by molar-refractivity contribution is -0.131. The predicted molar refractivity (Wildman–Crippen MR) is 90.5 cm³/mol. The summed E-state index contributed by atoms with van der Waals surface area (Å²) in [6, 6.07) is 0.761. The van der Waals surface area contributed by atoms with E-state index in [9.17, 15) is 4.79 Å². The molecular formula is C18H36N2O. The number of hydrogen-bond acceptors (Lipinski definition) is 2. The van der Waals surface area contributed by atoms with Crippen molar-refractivity contribution < 1.29 is 4.79 Å². The average molecular weight is 296 g/mol. The molecule has 0 aromatic heterocycles. The summed E-state index contributed by atoms with van der Waals surface area (Å²) < 4.78 is 0. The summed E-state index contributed by atoms with van der Waals surface area (Å²) in [5.41, 5.74) is 0. The SMILES string of the molecule is CCCCN(CCCCNC1CCCCC1)C(=O)CCC. The van der Waals surface area contributed by atoms with Crippen LogP contribution >= 0.6 is 0 Å². The normalized spacial score (nSPS) is 16.1. The van der Waals surface area contributed by atoms with Crippen molar-refractivity contribution in [3.05, 3.63) is 0 Å². The van der Waals surface area contributed by atoms with E-state index in [4.69, 9.17) is 0 Å². The fourth-order valence-corrected chi connectivity index (χ4v) is 3.12. The van der Waals surface area contributed by atoms with E-state index in [2.05, 4.69) is 24.1 Å². The molecule has 1 fully saturated rings. The Morgan fingerprint density at radius 2 is 1.71 bits per heavy atom. The molecule has 1 aliphatic carbocycles. The largest absolute Gasteiger partial charge is 0.343 e. The minimum absolute atomic E-state index is 0.353. The van der Waals surface area contributed by atoms with Crippen LogP contribution in [-0.4, -0.2) is 36.5 Å². The Bertz CT molecular complexity index is 262. The van der Waals surface area contributed by atoms with Crippen LogP contribution in [0.4, 0.5) is 0 Å². The molecule has 0 spiro atoms. The number of unbranched alkanes of at least 4 members (excludes halogenated alkanes) is 2. The van der Waals surface area contributed by atoms with Crippen molar-refractivity contribution in [2.45, 2.75) is 90.5 Å². The third-order valence-electron chi connectivity index (χ3n) is 4.49. The minimum Gasteiger partial charge on any atom is -0.343 e. The number of amides is 1. The highest BCUT2D eigenvalue weighted by molar-refractivity contribution is 5.76. The highest BCUT2D eigenvalue weighted by Gasteiger charge is 2.13. The number of carbonyl (C=O) groups is 1. The van der Waals surface area contributed by atoms with Gasteiger partial charge in [0.25, 0.3) is 0 Å². The molecule has 0 bridgehead atoms. The Morgan fingerprint density at radius 1 is 1.00 bits per heavy atom. The summed E-state index contributed by atoms with van der Waals surface area (Å²) in [5.74, 6) is 0.353. The van der Waals surface area contributed by atoms with E-state index in [1.807, 2.05) is 0 Å². The number of hydrogen-bond donors (Lipinski definition) is 1. The molecule has 0 radical (unpaired) electrons. The Kier molecular flexibility index (Phi) is 10.6. The van der Waals surface area contributed by atoms with Crippen LogP contribution in [-0.2, 0) is 4.79 Å². The molecule has 1 rings (SSSR count). The van der Waals surface area contributed by atoms with Crippen molar-refractivity contribution in [2.24, 2.45) is 0 Å². The fourth-order valence-electron chi connectivity index (χ4n) is 3.12. The first kappa shape index (κ1) is 18.5. The molecule has 1 N–H and O–H groups in total. The van der Waals surface area contributed by atoms with Gasteiger partial charge in [-0.3, -0.25) is 4.79 Å². The van der Waals surface area contributed by atoms with E-state index in [0.717, 1.165) is 44.9 Å². The van der Waals surface area contributed by atoms with Crippen molar-refractivity contribution in [1.82, 2.24) is 10.2 Å². The Morgan fingerprint density at radius 3 is 2.38 bits per heavy atom. The smallest absolute Gasteiger partial charge is 0.222 e. The second-order valence-electron chi connectivity index (χ2n) is 6.48. The molecule has 0 aliphatic heterocycles. The van der Waals surface area contributed by atoms with Gasteiger partial charge in [0.1, 0.15) is 0 Å². The summed E-state index contributed by atoms with van der Waals surface area (Å²) in [4.78, 5) is 14.2. The summed E-state index contributed by atoms with van der Waals surface area (Å²) in [7, 11) is 0. The highest BCUT2D eigenvalue weighted by atomic mass is 16.2. The monoisotopic (exact) mass is 296 g/mol. The second kappa shape index (κ2) is 12.0. The summed E-state index contributed by atoms with van der Waals surface area (Å²) in [5, 5.41) is 3.69. The molecular weight excluding hydrogens is 260 g/mol. The number of nitrogens with zero attached hydrogens (tertiary/aromatic N) is 1. The van der Waals surface area contributed by atoms with Gasteiger partial charge in [-0.2, -0.15) is 0 Å². The van der Waals surface area contributed by atoms with Gasteiger partial charge >= 0.3 is 0 Å². The van der Waals surface area contributed by atoms with Crippen LogP contribution in [0, 0.1) is 0 Å². The molecule has 0 saturated heterocycles.